The highest BCUT2D eigenvalue weighted by Gasteiger charge is 1.89. The molecule has 0 unspecified atom stereocenters. The fourth-order valence-electron chi connectivity index (χ4n) is 0.480. The largest absolute Gasteiger partial charge is 0.274 e. The third-order valence-corrected chi connectivity index (χ3v) is 0.938. The van der Waals surface area contributed by atoms with Crippen LogP contribution in [-0.2, 0) is 0 Å². The fourth-order valence-corrected chi connectivity index (χ4v) is 0.480. The van der Waals surface area contributed by atoms with Crippen molar-refractivity contribution in [3.8, 4) is 0 Å². The third-order valence-electron chi connectivity index (χ3n) is 0.938. The molecule has 1 rings (SSSR count). The summed E-state index contributed by atoms with van der Waals surface area (Å²) in [4.78, 5) is 7.96. The van der Waals surface area contributed by atoms with Crippen LogP contribution in [0, 0.1) is 0 Å². The van der Waals surface area contributed by atoms with Gasteiger partial charge in [0, 0.05) is 18.3 Å². The second-order valence-electron chi connectivity index (χ2n) is 1.60. The Morgan fingerprint density at radius 1 is 1.71 bits per heavy atom. The average Bonchev–Trinajstić information content (AvgIpc) is 1.69. The minimum Gasteiger partial charge on any atom is -0.274 e. The summed E-state index contributed by atoms with van der Waals surface area (Å²) in [5, 5.41) is 0. The molecule has 0 spiro atoms. The predicted molar refractivity (Wildman–Crippen MR) is 31.1 cm³/mol. The Morgan fingerprint density at radius 2 is 2.57 bits per heavy atom. The van der Waals surface area contributed by atoms with Gasteiger partial charge in [-0.2, -0.15) is 0 Å². The van der Waals surface area contributed by atoms with Gasteiger partial charge in [0.15, 0.2) is 0 Å². The maximum atomic E-state index is 4.05. The van der Waals surface area contributed by atoms with Gasteiger partial charge in [0.05, 0.1) is 0 Å². The van der Waals surface area contributed by atoms with Gasteiger partial charge in [-0.25, -0.2) is 0 Å². The molecule has 0 saturated carbocycles. The zero-order valence-electron chi connectivity index (χ0n) is 4.39. The summed E-state index contributed by atoms with van der Waals surface area (Å²) in [5.41, 5.74) is 1.19. The fraction of sp³-hybridized carbons (Fsp3) is 0.600. The summed E-state index contributed by atoms with van der Waals surface area (Å²) >= 11 is 0. The third kappa shape index (κ3) is 1.11. The summed E-state index contributed by atoms with van der Waals surface area (Å²) in [6.45, 7) is 2.66. The van der Waals surface area contributed by atoms with Gasteiger partial charge in [0.1, 0.15) is 6.67 Å². The van der Waals surface area contributed by atoms with Crippen LogP contribution < -0.4 is 0 Å². The maximum Gasteiger partial charge on any atom is 0.128 e. The lowest BCUT2D eigenvalue weighted by atomic mass is 10.3. The first-order chi connectivity index (χ1) is 3.39. The van der Waals surface area contributed by atoms with Crippen LogP contribution >= 0.6 is 0 Å². The molecule has 38 valence electrons. The van der Waals surface area contributed by atoms with E-state index in [4.69, 9.17) is 0 Å². The summed E-state index contributed by atoms with van der Waals surface area (Å²) in [5.74, 6) is 0. The van der Waals surface area contributed by atoms with Gasteiger partial charge in [-0.1, -0.05) is 0 Å². The van der Waals surface area contributed by atoms with Crippen LogP contribution in [0.5, 0.6) is 0 Å². The Labute approximate surface area is 43.0 Å². The van der Waals surface area contributed by atoms with E-state index >= 15 is 0 Å². The van der Waals surface area contributed by atoms with E-state index in [0.29, 0.717) is 6.67 Å². The van der Waals surface area contributed by atoms with Crippen LogP contribution in [0.3, 0.4) is 0 Å². The smallest absolute Gasteiger partial charge is 0.128 e. The van der Waals surface area contributed by atoms with E-state index in [1.54, 1.807) is 0 Å². The average molecular weight is 96.1 g/mol. The Kier molecular flexibility index (Phi) is 1.20. The molecule has 1 aliphatic heterocycles. The van der Waals surface area contributed by atoms with Crippen molar-refractivity contribution < 1.29 is 0 Å². The van der Waals surface area contributed by atoms with Gasteiger partial charge in [-0.15, -0.1) is 0 Å². The molecule has 0 aromatic carbocycles. The van der Waals surface area contributed by atoms with Crippen molar-refractivity contribution >= 4 is 11.9 Å². The van der Waals surface area contributed by atoms with Crippen LogP contribution in [0.1, 0.15) is 13.3 Å². The van der Waals surface area contributed by atoms with Gasteiger partial charge in [-0.3, -0.25) is 9.98 Å². The van der Waals surface area contributed by atoms with Crippen molar-refractivity contribution in [3.05, 3.63) is 0 Å². The molecule has 0 aromatic heterocycles. The summed E-state index contributed by atoms with van der Waals surface area (Å²) in [6, 6.07) is 0. The number of nitrogens with zero attached hydrogens (tertiary/aromatic N) is 2. The molecular formula is C5H8N2. The van der Waals surface area contributed by atoms with Crippen LogP contribution in [-0.4, -0.2) is 18.6 Å². The molecule has 0 aliphatic carbocycles. The zero-order chi connectivity index (χ0) is 5.11. The highest BCUT2D eigenvalue weighted by molar-refractivity contribution is 5.94. The first-order valence-corrected chi connectivity index (χ1v) is 2.38. The van der Waals surface area contributed by atoms with E-state index in [9.17, 15) is 0 Å². The highest BCUT2D eigenvalue weighted by atomic mass is 14.9. The Balaban J connectivity index is 2.50. The topological polar surface area (TPSA) is 24.7 Å². The minimum atomic E-state index is 0.645. The molecule has 0 amide bonds. The molecule has 0 bridgehead atoms. The van der Waals surface area contributed by atoms with Crippen LogP contribution in [0.2, 0.25) is 0 Å². The Hall–Kier alpha value is -0.660. The van der Waals surface area contributed by atoms with Crippen molar-refractivity contribution in [2.24, 2.45) is 9.98 Å². The van der Waals surface area contributed by atoms with E-state index in [1.807, 2.05) is 13.1 Å². The van der Waals surface area contributed by atoms with Gasteiger partial charge in [0.25, 0.3) is 0 Å². The molecule has 7 heavy (non-hydrogen) atoms. The molecule has 2 heteroatoms. The number of hydrogen-bond acceptors (Lipinski definition) is 2. The van der Waals surface area contributed by atoms with Gasteiger partial charge in [0.2, 0.25) is 0 Å². The van der Waals surface area contributed by atoms with Crippen molar-refractivity contribution in [1.82, 2.24) is 0 Å². The molecule has 2 nitrogen and oxygen atoms in total. The molecule has 0 saturated heterocycles. The Bertz CT molecular complexity index is 113. The number of rotatable bonds is 0. The van der Waals surface area contributed by atoms with Gasteiger partial charge in [-0.05, 0) is 6.92 Å². The standard InChI is InChI=1S/C5H8N2/c1-5-2-3-6-4-7-5/h3H,2,4H2,1H3. The lowest BCUT2D eigenvalue weighted by Crippen LogP contribution is -1.98. The zero-order valence-corrected chi connectivity index (χ0v) is 4.39. The molecule has 0 fully saturated rings. The molecule has 1 aliphatic rings. The molecule has 0 atom stereocenters. The lowest BCUT2D eigenvalue weighted by Gasteiger charge is -1.97. The second-order valence-corrected chi connectivity index (χ2v) is 1.60. The van der Waals surface area contributed by atoms with Crippen LogP contribution in [0.4, 0.5) is 0 Å². The first-order valence-electron chi connectivity index (χ1n) is 2.38. The molecule has 0 radical (unpaired) electrons. The van der Waals surface area contributed by atoms with E-state index in [2.05, 4.69) is 9.98 Å². The molecule has 0 N–H and O–H groups in total. The molecular weight excluding hydrogens is 88.1 g/mol. The van der Waals surface area contributed by atoms with E-state index in [0.717, 1.165) is 6.42 Å². The lowest BCUT2D eigenvalue weighted by molar-refractivity contribution is 1.04. The predicted octanol–water partition coefficient (Wildman–Crippen LogP) is 0.879. The van der Waals surface area contributed by atoms with Crippen LogP contribution in [0.15, 0.2) is 9.98 Å². The normalized spacial score (nSPS) is 19.3. The van der Waals surface area contributed by atoms with Crippen LogP contribution in [0.25, 0.3) is 0 Å². The number of aliphatic imine (C=N–C) groups is 2. The summed E-state index contributed by atoms with van der Waals surface area (Å²) in [6.07, 6.45) is 2.85. The van der Waals surface area contributed by atoms with Crippen molar-refractivity contribution in [1.29, 1.82) is 0 Å². The molecule has 1 heterocycles. The van der Waals surface area contributed by atoms with E-state index in [1.165, 1.54) is 5.71 Å². The summed E-state index contributed by atoms with van der Waals surface area (Å²) in [7, 11) is 0. The Morgan fingerprint density at radius 3 is 2.86 bits per heavy atom. The first kappa shape index (κ1) is 4.50. The van der Waals surface area contributed by atoms with Gasteiger partial charge < -0.3 is 0 Å². The van der Waals surface area contributed by atoms with E-state index in [-0.39, 0.29) is 0 Å². The van der Waals surface area contributed by atoms with E-state index < -0.39 is 0 Å². The SMILES string of the molecule is CC1=NCN=CC1. The van der Waals surface area contributed by atoms with Crippen molar-refractivity contribution in [2.45, 2.75) is 13.3 Å². The maximum absolute atomic E-state index is 4.05. The quantitative estimate of drug-likeness (QED) is 0.427. The highest BCUT2D eigenvalue weighted by Crippen LogP contribution is 1.89. The minimum absolute atomic E-state index is 0.645. The van der Waals surface area contributed by atoms with Gasteiger partial charge >= 0.3 is 0 Å². The number of hydrogen-bond donors (Lipinski definition) is 0. The molecule has 0 aromatic rings. The second kappa shape index (κ2) is 1.87. The summed E-state index contributed by atoms with van der Waals surface area (Å²) < 4.78 is 0. The van der Waals surface area contributed by atoms with Crippen molar-refractivity contribution in [3.63, 3.8) is 0 Å². The van der Waals surface area contributed by atoms with Crippen molar-refractivity contribution in [2.75, 3.05) is 6.67 Å². The monoisotopic (exact) mass is 96.1 g/mol.